The molecule has 68 valence electrons. The van der Waals surface area contributed by atoms with Crippen LogP contribution in [0.3, 0.4) is 0 Å². The summed E-state index contributed by atoms with van der Waals surface area (Å²) in [4.78, 5) is 11.3. The lowest BCUT2D eigenvalue weighted by Crippen LogP contribution is -2.29. The quantitative estimate of drug-likeness (QED) is 0.649. The van der Waals surface area contributed by atoms with E-state index >= 15 is 0 Å². The molecule has 0 amide bonds. The van der Waals surface area contributed by atoms with Gasteiger partial charge >= 0.3 is 5.97 Å². The van der Waals surface area contributed by atoms with Gasteiger partial charge in [-0.2, -0.15) is 0 Å². The highest BCUT2D eigenvalue weighted by molar-refractivity contribution is 6.34. The molecule has 1 aromatic rings. The Hall–Kier alpha value is -1.22. The van der Waals surface area contributed by atoms with Crippen LogP contribution in [0.25, 0.3) is 0 Å². The Labute approximate surface area is 80.6 Å². The number of esters is 1. The van der Waals surface area contributed by atoms with Gasteiger partial charge in [-0.05, 0) is 19.1 Å². The summed E-state index contributed by atoms with van der Waals surface area (Å²) in [6.45, 7) is 1.75. The average molecular weight is 198 g/mol. The highest BCUT2D eigenvalue weighted by Crippen LogP contribution is 2.30. The van der Waals surface area contributed by atoms with Crippen molar-refractivity contribution >= 4 is 23.3 Å². The van der Waals surface area contributed by atoms with Crippen molar-refractivity contribution in [2.45, 2.75) is 13.2 Å². The third-order valence-electron chi connectivity index (χ3n) is 1.86. The van der Waals surface area contributed by atoms with Crippen molar-refractivity contribution in [3.8, 4) is 0 Å². The van der Waals surface area contributed by atoms with E-state index in [0.717, 1.165) is 0 Å². The van der Waals surface area contributed by atoms with E-state index in [1.165, 1.54) is 0 Å². The topological polar surface area (TPSA) is 38.3 Å². The van der Waals surface area contributed by atoms with E-state index in [-0.39, 0.29) is 12.2 Å². The van der Waals surface area contributed by atoms with Crippen molar-refractivity contribution in [1.82, 2.24) is 0 Å². The predicted molar refractivity (Wildman–Crippen MR) is 50.0 cm³/mol. The zero-order valence-electron chi connectivity index (χ0n) is 7.00. The van der Waals surface area contributed by atoms with Crippen molar-refractivity contribution in [3.05, 3.63) is 28.8 Å². The first-order valence-electron chi connectivity index (χ1n) is 3.94. The molecule has 0 saturated heterocycles. The summed E-state index contributed by atoms with van der Waals surface area (Å²) in [5.41, 5.74) is 1.15. The van der Waals surface area contributed by atoms with Crippen LogP contribution >= 0.6 is 11.6 Å². The number of rotatable bonds is 0. The molecular formula is C9H8ClNO2. The van der Waals surface area contributed by atoms with Crippen molar-refractivity contribution in [1.29, 1.82) is 0 Å². The lowest BCUT2D eigenvalue weighted by Gasteiger charge is -2.24. The predicted octanol–water partition coefficient (Wildman–Crippen LogP) is 2.27. The summed E-state index contributed by atoms with van der Waals surface area (Å²) < 4.78 is 4.96. The number of anilines is 1. The third-order valence-corrected chi connectivity index (χ3v) is 2.18. The van der Waals surface area contributed by atoms with Gasteiger partial charge in [-0.3, -0.25) is 0 Å². The molecule has 1 unspecified atom stereocenters. The fraction of sp³-hybridized carbons (Fsp3) is 0.222. The highest BCUT2D eigenvalue weighted by Gasteiger charge is 2.23. The molecule has 13 heavy (non-hydrogen) atoms. The average Bonchev–Trinajstić information content (AvgIpc) is 2.07. The van der Waals surface area contributed by atoms with Gasteiger partial charge in [-0.15, -0.1) is 0 Å². The number of nitrogens with one attached hydrogen (secondary N) is 1. The molecule has 2 rings (SSSR count). The first-order valence-corrected chi connectivity index (χ1v) is 4.32. The van der Waals surface area contributed by atoms with Crippen LogP contribution in [0, 0.1) is 0 Å². The van der Waals surface area contributed by atoms with Crippen LogP contribution in [0.1, 0.15) is 17.3 Å². The first-order chi connectivity index (χ1) is 6.18. The summed E-state index contributed by atoms with van der Waals surface area (Å²) in [6, 6.07) is 5.14. The van der Waals surface area contributed by atoms with E-state index in [1.54, 1.807) is 25.1 Å². The second-order valence-electron chi connectivity index (χ2n) is 2.85. The number of para-hydroxylation sites is 1. The first kappa shape index (κ1) is 8.38. The van der Waals surface area contributed by atoms with Crippen molar-refractivity contribution in [3.63, 3.8) is 0 Å². The van der Waals surface area contributed by atoms with Gasteiger partial charge in [0.1, 0.15) is 0 Å². The van der Waals surface area contributed by atoms with Crippen molar-refractivity contribution in [2.75, 3.05) is 5.32 Å². The summed E-state index contributed by atoms with van der Waals surface area (Å²) in [5, 5.41) is 3.53. The Kier molecular flexibility index (Phi) is 1.88. The van der Waals surface area contributed by atoms with Crippen molar-refractivity contribution < 1.29 is 9.53 Å². The van der Waals surface area contributed by atoms with Crippen LogP contribution in [0.15, 0.2) is 18.2 Å². The number of fused-ring (bicyclic) bond motifs is 1. The summed E-state index contributed by atoms with van der Waals surface area (Å²) in [6.07, 6.45) is -0.320. The molecule has 1 N–H and O–H groups in total. The lowest BCUT2D eigenvalue weighted by atomic mass is 10.1. The summed E-state index contributed by atoms with van der Waals surface area (Å²) in [5.74, 6) is -0.330. The molecule has 0 aromatic heterocycles. The van der Waals surface area contributed by atoms with Gasteiger partial charge in [0, 0.05) is 0 Å². The molecule has 1 aliphatic heterocycles. The minimum atomic E-state index is -0.330. The number of carbonyl (C=O) groups is 1. The Morgan fingerprint density at radius 1 is 1.54 bits per heavy atom. The number of hydrogen-bond donors (Lipinski definition) is 1. The lowest BCUT2D eigenvalue weighted by molar-refractivity contribution is 0.0370. The van der Waals surface area contributed by atoms with Crippen molar-refractivity contribution in [2.24, 2.45) is 0 Å². The van der Waals surface area contributed by atoms with Gasteiger partial charge in [-0.1, -0.05) is 17.7 Å². The number of hydrogen-bond acceptors (Lipinski definition) is 3. The van der Waals surface area contributed by atoms with E-state index < -0.39 is 0 Å². The fourth-order valence-electron chi connectivity index (χ4n) is 1.30. The molecule has 1 aromatic carbocycles. The summed E-state index contributed by atoms with van der Waals surface area (Å²) in [7, 11) is 0. The Bertz CT molecular complexity index is 365. The molecule has 0 radical (unpaired) electrons. The van der Waals surface area contributed by atoms with Crippen LogP contribution in [0.5, 0.6) is 0 Å². The van der Waals surface area contributed by atoms with Crippen LogP contribution in [0.2, 0.25) is 5.02 Å². The van der Waals surface area contributed by atoms with Gasteiger partial charge in [0.25, 0.3) is 0 Å². The van der Waals surface area contributed by atoms with Gasteiger partial charge < -0.3 is 10.1 Å². The number of cyclic esters (lactones) is 1. The third kappa shape index (κ3) is 1.35. The molecular weight excluding hydrogens is 190 g/mol. The fourth-order valence-corrected chi connectivity index (χ4v) is 1.53. The molecule has 0 spiro atoms. The Morgan fingerprint density at radius 3 is 3.08 bits per heavy atom. The normalized spacial score (nSPS) is 20.2. The minimum Gasteiger partial charge on any atom is -0.438 e. The molecule has 1 heterocycles. The second-order valence-corrected chi connectivity index (χ2v) is 3.26. The van der Waals surface area contributed by atoms with Crippen LogP contribution in [-0.4, -0.2) is 12.2 Å². The van der Waals surface area contributed by atoms with Crippen LogP contribution in [0.4, 0.5) is 5.69 Å². The van der Waals surface area contributed by atoms with E-state index in [2.05, 4.69) is 5.32 Å². The molecule has 0 fully saturated rings. The standard InChI is InChI=1S/C9H8ClNO2/c1-5-11-8-6(9(12)13-5)3-2-4-7(8)10/h2-5,11H,1H3. The molecule has 0 saturated carbocycles. The van der Waals surface area contributed by atoms with Crippen LogP contribution in [-0.2, 0) is 4.74 Å². The van der Waals surface area contributed by atoms with E-state index in [4.69, 9.17) is 16.3 Å². The maximum Gasteiger partial charge on any atom is 0.342 e. The monoisotopic (exact) mass is 197 g/mol. The van der Waals surface area contributed by atoms with Gasteiger partial charge in [0.15, 0.2) is 6.23 Å². The zero-order valence-corrected chi connectivity index (χ0v) is 7.76. The molecule has 0 aliphatic carbocycles. The second kappa shape index (κ2) is 2.92. The maximum absolute atomic E-state index is 11.3. The van der Waals surface area contributed by atoms with Crippen LogP contribution < -0.4 is 5.32 Å². The van der Waals surface area contributed by atoms with E-state index in [9.17, 15) is 4.79 Å². The van der Waals surface area contributed by atoms with Gasteiger partial charge in [-0.25, -0.2) is 4.79 Å². The smallest absolute Gasteiger partial charge is 0.342 e. The van der Waals surface area contributed by atoms with E-state index in [1.807, 2.05) is 0 Å². The van der Waals surface area contributed by atoms with Gasteiger partial charge in [0.2, 0.25) is 0 Å². The molecule has 1 aliphatic rings. The molecule has 3 nitrogen and oxygen atoms in total. The minimum absolute atomic E-state index is 0.320. The number of carbonyl (C=O) groups excluding carboxylic acids is 1. The van der Waals surface area contributed by atoms with Gasteiger partial charge in [0.05, 0.1) is 16.3 Å². The summed E-state index contributed by atoms with van der Waals surface area (Å²) >= 11 is 5.90. The molecule has 4 heteroatoms. The number of halogens is 1. The maximum atomic E-state index is 11.3. The number of ether oxygens (including phenoxy) is 1. The Morgan fingerprint density at radius 2 is 2.31 bits per heavy atom. The largest absolute Gasteiger partial charge is 0.438 e. The highest BCUT2D eigenvalue weighted by atomic mass is 35.5. The SMILES string of the molecule is CC1Nc2c(Cl)cccc2C(=O)O1. The zero-order chi connectivity index (χ0) is 9.42. The number of benzene rings is 1. The molecule has 0 bridgehead atoms. The molecule has 1 atom stereocenters. The van der Waals surface area contributed by atoms with E-state index in [0.29, 0.717) is 16.3 Å². The Balaban J connectivity index is 2.55.